The Morgan fingerprint density at radius 2 is 0.887 bits per heavy atom. The minimum Gasteiger partial charge on any atom is -0.207 e. The molecule has 0 N–H and O–H groups in total. The van der Waals surface area contributed by atoms with Crippen LogP contribution in [0.4, 0.5) is 8.78 Å². The zero-order chi connectivity index (χ0) is 46.6. The van der Waals surface area contributed by atoms with E-state index in [0.29, 0.717) is 0 Å². The summed E-state index contributed by atoms with van der Waals surface area (Å²) in [6.07, 6.45) is 3.44. The van der Waals surface area contributed by atoms with Crippen LogP contribution < -0.4 is 5.22 Å². The van der Waals surface area contributed by atoms with Gasteiger partial charge in [0.05, 0.1) is 0 Å². The molecule has 14 aromatic rings. The molecule has 2 heteroatoms. The molecule has 0 fully saturated rings. The maximum absolute atomic E-state index is 14.9. The smallest absolute Gasteiger partial charge is 0.123 e. The van der Waals surface area contributed by atoms with E-state index in [-0.39, 0.29) is 17.0 Å². The molecule has 0 saturated heterocycles. The Bertz CT molecular complexity index is 4710. The molecule has 3 aliphatic rings. The second-order valence-corrected chi connectivity index (χ2v) is 20.5. The van der Waals surface area contributed by atoms with E-state index in [1.807, 2.05) is 24.3 Å². The lowest BCUT2D eigenvalue weighted by atomic mass is 9.63. The molecule has 0 aromatic heterocycles. The average molecular weight is 905 g/mol. The lowest BCUT2D eigenvalue weighted by Crippen LogP contribution is -2.31. The minimum atomic E-state index is -0.330. The molecule has 0 aliphatic heterocycles. The van der Waals surface area contributed by atoms with Gasteiger partial charge in [-0.2, -0.15) is 0 Å². The molecule has 0 nitrogen and oxygen atoms in total. The summed E-state index contributed by atoms with van der Waals surface area (Å²) in [5, 5.41) is 21.7. The Hall–Kier alpha value is -8.72. The first-order valence-electron chi connectivity index (χ1n) is 24.8. The van der Waals surface area contributed by atoms with Gasteiger partial charge in [-0.25, -0.2) is 8.78 Å². The molecular weight excluding hydrogens is 867 g/mol. The van der Waals surface area contributed by atoms with Crippen LogP contribution in [0, 0.1) is 11.6 Å². The summed E-state index contributed by atoms with van der Waals surface area (Å²) in [7, 11) is 0. The molecule has 1 unspecified atom stereocenters. The van der Waals surface area contributed by atoms with E-state index >= 15 is 0 Å². The molecule has 328 valence electrons. The molecule has 14 aromatic carbocycles. The van der Waals surface area contributed by atoms with Crippen LogP contribution in [-0.2, 0) is 5.41 Å². The second kappa shape index (κ2) is 13.1. The lowest BCUT2D eigenvalue weighted by Gasteiger charge is -2.40. The van der Waals surface area contributed by atoms with Crippen LogP contribution in [0.5, 0.6) is 0 Å². The van der Waals surface area contributed by atoms with Gasteiger partial charge in [0.2, 0.25) is 0 Å². The van der Waals surface area contributed by atoms with Crippen LogP contribution in [0.1, 0.15) is 24.5 Å². The van der Waals surface area contributed by atoms with E-state index in [4.69, 9.17) is 0 Å². The molecule has 0 saturated carbocycles. The first kappa shape index (κ1) is 38.2. The molecule has 0 radical (unpaired) electrons. The van der Waals surface area contributed by atoms with E-state index in [1.54, 1.807) is 24.3 Å². The van der Waals surface area contributed by atoms with E-state index < -0.39 is 0 Å². The number of benzene rings is 12. The van der Waals surface area contributed by atoms with Gasteiger partial charge in [0.1, 0.15) is 11.6 Å². The summed E-state index contributed by atoms with van der Waals surface area (Å²) >= 11 is 0. The Kier molecular flexibility index (Phi) is 7.05. The summed E-state index contributed by atoms with van der Waals surface area (Å²) in [6.45, 7) is 2.49. The zero-order valence-electron chi connectivity index (χ0n) is 38.5. The molecule has 0 spiro atoms. The molecule has 17 rings (SSSR count). The average Bonchev–Trinajstić information content (AvgIpc) is 4.05. The molecular formula is C69H38F2. The van der Waals surface area contributed by atoms with Gasteiger partial charge in [-0.15, -0.1) is 0 Å². The number of fused-ring (bicyclic) bond motifs is 14. The molecule has 0 amide bonds. The maximum Gasteiger partial charge on any atom is 0.123 e. The standard InChI is InChI=1S/C69H38F2/c1-69-33-32-52-61-51(66-56(36-10-3-2-4-11-36)48-17-9-16-44-43-14-7-8-15-45(43)63(59(44)48)67(52)66)29-27-47(68(61)69)46-26-28-49-60-50(30-31-55(69)62(46)60)65-58(38-20-24-42(71)25-21-38)54-35-40-13-6-5-12-39(40)34-53(54)57(64(49)65)37-18-22-41(70)23-19-37/h2-32,34-35H,33H2,1H3. The van der Waals surface area contributed by atoms with Gasteiger partial charge in [-0.05, 0) is 212 Å². The van der Waals surface area contributed by atoms with Gasteiger partial charge in [0, 0.05) is 5.41 Å². The predicted octanol–water partition coefficient (Wildman–Crippen LogP) is 18.5. The molecule has 71 heavy (non-hydrogen) atoms. The van der Waals surface area contributed by atoms with Gasteiger partial charge in [-0.1, -0.05) is 171 Å². The summed E-state index contributed by atoms with van der Waals surface area (Å²) in [5.41, 5.74) is 16.3. The highest BCUT2D eigenvalue weighted by Crippen LogP contribution is 2.63. The van der Waals surface area contributed by atoms with Crippen molar-refractivity contribution >= 4 is 92.3 Å². The van der Waals surface area contributed by atoms with Crippen molar-refractivity contribution in [3.05, 3.63) is 222 Å². The van der Waals surface area contributed by atoms with Crippen molar-refractivity contribution in [1.82, 2.24) is 0 Å². The van der Waals surface area contributed by atoms with E-state index in [2.05, 4.69) is 159 Å². The molecule has 0 bridgehead atoms. The quantitative estimate of drug-likeness (QED) is 0.155. The van der Waals surface area contributed by atoms with Crippen molar-refractivity contribution in [3.63, 3.8) is 0 Å². The Morgan fingerprint density at radius 1 is 0.338 bits per heavy atom. The lowest BCUT2D eigenvalue weighted by molar-refractivity contribution is 0.600. The number of halogens is 2. The number of hydrogen-bond donors (Lipinski definition) is 0. The van der Waals surface area contributed by atoms with Crippen molar-refractivity contribution < 1.29 is 8.78 Å². The van der Waals surface area contributed by atoms with Crippen molar-refractivity contribution in [2.45, 2.75) is 18.8 Å². The summed E-state index contributed by atoms with van der Waals surface area (Å²) in [6, 6.07) is 68.6. The monoisotopic (exact) mass is 904 g/mol. The molecule has 3 aliphatic carbocycles. The third-order valence-electron chi connectivity index (χ3n) is 17.2. The van der Waals surface area contributed by atoms with Gasteiger partial charge >= 0.3 is 0 Å². The van der Waals surface area contributed by atoms with Crippen LogP contribution >= 0.6 is 0 Å². The Labute approximate surface area is 406 Å². The van der Waals surface area contributed by atoms with Crippen LogP contribution in [-0.4, -0.2) is 0 Å². The Balaban J connectivity index is 1.02. The van der Waals surface area contributed by atoms with Crippen LogP contribution in [0.3, 0.4) is 0 Å². The number of rotatable bonds is 3. The van der Waals surface area contributed by atoms with E-state index in [0.717, 1.165) is 61.3 Å². The highest BCUT2D eigenvalue weighted by atomic mass is 19.1. The first-order valence-corrected chi connectivity index (χ1v) is 24.8. The van der Waals surface area contributed by atoms with E-state index in [9.17, 15) is 8.78 Å². The highest BCUT2D eigenvalue weighted by molar-refractivity contribution is 6.43. The highest BCUT2D eigenvalue weighted by Gasteiger charge is 2.43. The third kappa shape index (κ3) is 4.60. The van der Waals surface area contributed by atoms with E-state index in [1.165, 1.54) is 114 Å². The molecule has 0 heterocycles. The zero-order valence-corrected chi connectivity index (χ0v) is 38.5. The maximum atomic E-state index is 14.9. The fourth-order valence-corrected chi connectivity index (χ4v) is 14.4. The number of hydrogen-bond acceptors (Lipinski definition) is 0. The van der Waals surface area contributed by atoms with Crippen molar-refractivity contribution in [3.8, 4) is 66.8 Å². The van der Waals surface area contributed by atoms with Gasteiger partial charge in [0.25, 0.3) is 0 Å². The van der Waals surface area contributed by atoms with Crippen molar-refractivity contribution in [1.29, 1.82) is 0 Å². The van der Waals surface area contributed by atoms with Crippen LogP contribution in [0.2, 0.25) is 0 Å². The summed E-state index contributed by atoms with van der Waals surface area (Å²) in [4.78, 5) is 0. The topological polar surface area (TPSA) is 0 Å². The summed E-state index contributed by atoms with van der Waals surface area (Å²) < 4.78 is 29.7. The SMILES string of the molecule is CC12CC=c3c4c1c(ccc4c1c(-c4ccccc4)c4cccc5c6ccccc6c(c31)c45)-c1ccc3c4c(ccc2c14)-c1c-3c(-c2ccc(F)cc2)c2cc3ccccc3cc2c1-c1ccc(F)cc1. The summed E-state index contributed by atoms with van der Waals surface area (Å²) in [5.74, 6) is -0.529. The molecule has 1 atom stereocenters. The fraction of sp³-hybridized carbons (Fsp3) is 0.0435. The van der Waals surface area contributed by atoms with Crippen LogP contribution in [0.15, 0.2) is 194 Å². The van der Waals surface area contributed by atoms with Crippen molar-refractivity contribution in [2.24, 2.45) is 0 Å². The normalized spacial score (nSPS) is 15.4. The van der Waals surface area contributed by atoms with Crippen molar-refractivity contribution in [2.75, 3.05) is 0 Å². The Morgan fingerprint density at radius 3 is 1.58 bits per heavy atom. The van der Waals surface area contributed by atoms with Gasteiger partial charge < -0.3 is 0 Å². The third-order valence-corrected chi connectivity index (χ3v) is 17.2. The minimum absolute atomic E-state index is 0.265. The second-order valence-electron chi connectivity index (χ2n) is 20.5. The van der Waals surface area contributed by atoms with Gasteiger partial charge in [0.15, 0.2) is 0 Å². The fourth-order valence-electron chi connectivity index (χ4n) is 14.4. The largest absolute Gasteiger partial charge is 0.207 e. The predicted molar refractivity (Wildman–Crippen MR) is 295 cm³/mol. The van der Waals surface area contributed by atoms with Crippen LogP contribution in [0.25, 0.3) is 159 Å². The van der Waals surface area contributed by atoms with Gasteiger partial charge in [-0.3, -0.25) is 0 Å². The first-order chi connectivity index (χ1) is 34.9.